The van der Waals surface area contributed by atoms with E-state index in [0.717, 1.165) is 26.2 Å². The van der Waals surface area contributed by atoms with Crippen LogP contribution in [-0.2, 0) is 29.2 Å². The maximum absolute atomic E-state index is 13.1. The third-order valence-corrected chi connectivity index (χ3v) is 8.47. The van der Waals surface area contributed by atoms with Crippen molar-refractivity contribution in [2.75, 3.05) is 18.5 Å². The monoisotopic (exact) mass is 789 g/mol. The minimum atomic E-state index is -0.758. The van der Waals surface area contributed by atoms with Crippen molar-refractivity contribution in [2.45, 2.75) is 33.6 Å². The average Bonchev–Trinajstić information content (AvgIpc) is 3.23. The molecule has 0 saturated carbocycles. The fraction of sp³-hybridized carbons (Fsp3) is 0.171. The average molecular weight is 790 g/mol. The zero-order chi connectivity index (χ0) is 40.1. The van der Waals surface area contributed by atoms with E-state index >= 15 is 0 Å². The molecule has 290 valence electrons. The maximum Gasteiger partial charge on any atom is 0.343 e. The molecular weight excluding hydrogens is 754 g/mol. The van der Waals surface area contributed by atoms with E-state index in [9.17, 15) is 19.2 Å². The van der Waals surface area contributed by atoms with E-state index in [1.54, 1.807) is 13.8 Å². The molecule has 0 radical (unpaired) electrons. The second-order valence-electron chi connectivity index (χ2n) is 12.0. The van der Waals surface area contributed by atoms with Crippen molar-refractivity contribution < 1.29 is 28.7 Å². The zero-order valence-electron chi connectivity index (χ0n) is 30.8. The number of esters is 2. The van der Waals surface area contributed by atoms with E-state index in [-0.39, 0.29) is 54.0 Å². The van der Waals surface area contributed by atoms with Gasteiger partial charge in [-0.2, -0.15) is 0 Å². The second-order valence-corrected chi connectivity index (χ2v) is 12.3. The molecule has 0 atom stereocenters. The predicted octanol–water partition coefficient (Wildman–Crippen LogP) is 5.46. The largest absolute Gasteiger partial charge is 0.462 e. The van der Waals surface area contributed by atoms with Crippen molar-refractivity contribution in [1.82, 2.24) is 29.4 Å². The number of anilines is 1. The molecule has 57 heavy (non-hydrogen) atoms. The highest BCUT2D eigenvalue weighted by Gasteiger charge is 2.22. The molecular formula is C41H36ClN7O8. The summed E-state index contributed by atoms with van der Waals surface area (Å²) in [6.07, 6.45) is 2.57. The van der Waals surface area contributed by atoms with Crippen LogP contribution in [-0.4, -0.2) is 54.5 Å². The number of halogens is 1. The quantitative estimate of drug-likeness (QED) is 0.115. The SMILES string of the molecule is CCOC(=O)c1cc2c(Cl)ncnc2n(OCc2ccccc2)c1=O.CCOC(=O)c1cc2c(NCc3ccccc3)ncnc2n(OCc2ccccc2)c1=O. The second kappa shape index (κ2) is 19.0. The van der Waals surface area contributed by atoms with Crippen LogP contribution in [0.2, 0.25) is 5.15 Å². The lowest BCUT2D eigenvalue weighted by Gasteiger charge is -2.15. The summed E-state index contributed by atoms with van der Waals surface area (Å²) in [5.74, 6) is -1.01. The van der Waals surface area contributed by atoms with Gasteiger partial charge >= 0.3 is 11.9 Å². The Morgan fingerprint density at radius 3 is 1.54 bits per heavy atom. The number of pyridine rings is 2. The molecule has 0 aliphatic rings. The summed E-state index contributed by atoms with van der Waals surface area (Å²) in [7, 11) is 0. The van der Waals surface area contributed by atoms with Crippen molar-refractivity contribution in [2.24, 2.45) is 0 Å². The van der Waals surface area contributed by atoms with Crippen LogP contribution in [0.4, 0.5) is 5.82 Å². The number of nitrogens with one attached hydrogen (secondary N) is 1. The molecule has 7 aromatic rings. The summed E-state index contributed by atoms with van der Waals surface area (Å²) >= 11 is 6.08. The summed E-state index contributed by atoms with van der Waals surface area (Å²) in [6.45, 7) is 4.36. The van der Waals surface area contributed by atoms with Crippen LogP contribution in [0.5, 0.6) is 0 Å². The third kappa shape index (κ3) is 9.58. The van der Waals surface area contributed by atoms with Gasteiger partial charge in [0, 0.05) is 6.54 Å². The smallest absolute Gasteiger partial charge is 0.343 e. The molecule has 0 unspecified atom stereocenters. The topological polar surface area (TPSA) is 179 Å². The molecule has 1 N–H and O–H groups in total. The molecule has 0 saturated heterocycles. The van der Waals surface area contributed by atoms with Gasteiger partial charge in [-0.15, -0.1) is 9.46 Å². The van der Waals surface area contributed by atoms with Crippen LogP contribution in [0, 0.1) is 0 Å². The van der Waals surface area contributed by atoms with Crippen LogP contribution in [0.15, 0.2) is 125 Å². The molecule has 7 rings (SSSR count). The van der Waals surface area contributed by atoms with Crippen molar-refractivity contribution in [3.8, 4) is 0 Å². The summed E-state index contributed by atoms with van der Waals surface area (Å²) in [5, 5.41) is 4.14. The van der Waals surface area contributed by atoms with Crippen LogP contribution < -0.4 is 26.1 Å². The van der Waals surface area contributed by atoms with Crippen molar-refractivity contribution in [3.63, 3.8) is 0 Å². The van der Waals surface area contributed by atoms with Crippen molar-refractivity contribution >= 4 is 51.4 Å². The molecule has 4 aromatic heterocycles. The summed E-state index contributed by atoms with van der Waals surface area (Å²) in [4.78, 5) is 78.2. The van der Waals surface area contributed by atoms with E-state index in [2.05, 4.69) is 25.3 Å². The normalized spacial score (nSPS) is 10.6. The number of aromatic nitrogens is 6. The van der Waals surface area contributed by atoms with Crippen molar-refractivity contribution in [3.05, 3.63) is 169 Å². The lowest BCUT2D eigenvalue weighted by molar-refractivity contribution is 0.0503. The molecule has 16 heteroatoms. The number of hydrogen-bond donors (Lipinski definition) is 1. The van der Waals surface area contributed by atoms with Crippen LogP contribution in [0.25, 0.3) is 22.1 Å². The highest BCUT2D eigenvalue weighted by molar-refractivity contribution is 6.34. The maximum atomic E-state index is 13.1. The molecule has 0 aliphatic heterocycles. The number of rotatable bonds is 13. The molecule has 4 heterocycles. The van der Waals surface area contributed by atoms with E-state index in [0.29, 0.717) is 23.1 Å². The van der Waals surface area contributed by atoms with Gasteiger partial charge in [0.15, 0.2) is 11.3 Å². The van der Waals surface area contributed by atoms with E-state index < -0.39 is 23.1 Å². The molecule has 15 nitrogen and oxygen atoms in total. The Morgan fingerprint density at radius 2 is 1.05 bits per heavy atom. The molecule has 0 spiro atoms. The highest BCUT2D eigenvalue weighted by Crippen LogP contribution is 2.21. The predicted molar refractivity (Wildman–Crippen MR) is 212 cm³/mol. The van der Waals surface area contributed by atoms with Gasteiger partial charge in [-0.25, -0.2) is 29.5 Å². The lowest BCUT2D eigenvalue weighted by Crippen LogP contribution is -2.32. The molecule has 0 amide bonds. The Balaban J connectivity index is 0.000000199. The van der Waals surface area contributed by atoms with Gasteiger partial charge in [0.05, 0.1) is 24.0 Å². The van der Waals surface area contributed by atoms with E-state index in [1.165, 1.54) is 24.8 Å². The van der Waals surface area contributed by atoms with Crippen LogP contribution >= 0.6 is 11.6 Å². The molecule has 0 fully saturated rings. The van der Waals surface area contributed by atoms with Gasteiger partial charge in [0.25, 0.3) is 11.1 Å². The number of carbonyl (C=O) groups excluding carboxylic acids is 2. The molecule has 0 bridgehead atoms. The van der Waals surface area contributed by atoms with Gasteiger partial charge in [0.1, 0.15) is 48.0 Å². The van der Waals surface area contributed by atoms with Gasteiger partial charge in [-0.05, 0) is 42.7 Å². The van der Waals surface area contributed by atoms with E-state index in [4.69, 9.17) is 30.7 Å². The Hall–Kier alpha value is -7.13. The highest BCUT2D eigenvalue weighted by atomic mass is 35.5. The number of benzene rings is 3. The minimum Gasteiger partial charge on any atom is -0.462 e. The van der Waals surface area contributed by atoms with Gasteiger partial charge < -0.3 is 24.5 Å². The van der Waals surface area contributed by atoms with Gasteiger partial charge in [-0.1, -0.05) is 103 Å². The van der Waals surface area contributed by atoms with Gasteiger partial charge in [0.2, 0.25) is 0 Å². The minimum absolute atomic E-state index is 0.104. The fourth-order valence-electron chi connectivity index (χ4n) is 5.45. The molecule has 0 aliphatic carbocycles. The third-order valence-electron chi connectivity index (χ3n) is 8.17. The number of hydrogen-bond acceptors (Lipinski definition) is 13. The summed E-state index contributed by atoms with van der Waals surface area (Å²) in [5.41, 5.74) is 1.55. The van der Waals surface area contributed by atoms with Crippen LogP contribution in [0.3, 0.4) is 0 Å². The Kier molecular flexibility index (Phi) is 13.2. The first-order valence-electron chi connectivity index (χ1n) is 17.7. The Bertz CT molecular complexity index is 2610. The fourth-order valence-corrected chi connectivity index (χ4v) is 5.64. The number of nitrogens with zero attached hydrogens (tertiary/aromatic N) is 6. The van der Waals surface area contributed by atoms with Gasteiger partial charge in [-0.3, -0.25) is 9.59 Å². The number of carbonyl (C=O) groups is 2. The van der Waals surface area contributed by atoms with E-state index in [1.807, 2.05) is 91.0 Å². The standard InChI is InChI=1S/C24H22N4O4.C17H14ClN3O4/c1-2-31-24(30)20-13-19-21(25-14-17-9-5-3-6-10-17)26-16-27-22(19)28(23(20)29)32-15-18-11-7-4-8-12-18;1-2-24-17(23)13-8-12-14(18)19-10-20-15(12)21(16(13)22)25-9-11-6-4-3-5-7-11/h3-13,16H,2,14-15H2,1H3,(H,25,26,27);3-8,10H,2,9H2,1H3. The Morgan fingerprint density at radius 1 is 0.614 bits per heavy atom. The lowest BCUT2D eigenvalue weighted by atomic mass is 10.2. The first-order chi connectivity index (χ1) is 27.8. The zero-order valence-corrected chi connectivity index (χ0v) is 31.6. The number of fused-ring (bicyclic) bond motifs is 2. The first kappa shape index (κ1) is 39.6. The summed E-state index contributed by atoms with van der Waals surface area (Å²) in [6, 6.07) is 31.3. The molecule has 3 aromatic carbocycles. The Labute approximate surface area is 330 Å². The summed E-state index contributed by atoms with van der Waals surface area (Å²) < 4.78 is 12.0. The van der Waals surface area contributed by atoms with Crippen molar-refractivity contribution in [1.29, 1.82) is 0 Å². The number of ether oxygens (including phenoxy) is 2. The first-order valence-corrected chi connectivity index (χ1v) is 18.1. The van der Waals surface area contributed by atoms with Crippen LogP contribution in [0.1, 0.15) is 51.3 Å².